The Morgan fingerprint density at radius 3 is 1.86 bits per heavy atom. The molecule has 0 aliphatic heterocycles. The molecule has 0 saturated heterocycles. The van der Waals surface area contributed by atoms with Crippen LogP contribution >= 0.6 is 0 Å². The summed E-state index contributed by atoms with van der Waals surface area (Å²) < 4.78 is 0. The molecule has 0 spiro atoms. The van der Waals surface area contributed by atoms with Gasteiger partial charge in [0.15, 0.2) is 0 Å². The van der Waals surface area contributed by atoms with Crippen molar-refractivity contribution < 1.29 is 19.2 Å². The second-order valence-electron chi connectivity index (χ2n) is 8.30. The molecule has 0 atom stereocenters. The summed E-state index contributed by atoms with van der Waals surface area (Å²) in [7, 11) is 0. The molecule has 0 fully saturated rings. The van der Waals surface area contributed by atoms with Gasteiger partial charge in [0.05, 0.1) is 0 Å². The third-order valence-corrected chi connectivity index (χ3v) is 4.90. The van der Waals surface area contributed by atoms with Gasteiger partial charge >= 0.3 is 0 Å². The molecule has 0 aromatic heterocycles. The number of anilines is 3. The Morgan fingerprint density at radius 1 is 0.722 bits per heavy atom. The minimum absolute atomic E-state index is 0.145. The highest BCUT2D eigenvalue weighted by atomic mass is 16.2. The summed E-state index contributed by atoms with van der Waals surface area (Å²) in [5.74, 6) is -0.757. The summed E-state index contributed by atoms with van der Waals surface area (Å²) in [4.78, 5) is 46.2. The van der Waals surface area contributed by atoms with Crippen LogP contribution in [0.5, 0.6) is 0 Å². The van der Waals surface area contributed by atoms with Crippen molar-refractivity contribution in [3.8, 4) is 0 Å². The average molecular weight is 489 g/mol. The van der Waals surface area contributed by atoms with E-state index >= 15 is 0 Å². The fourth-order valence-electron chi connectivity index (χ4n) is 3.50. The van der Waals surface area contributed by atoms with E-state index in [0.29, 0.717) is 35.6 Å². The number of hydrogen-bond donors (Lipinski definition) is 4. The summed E-state index contributed by atoms with van der Waals surface area (Å²) in [6, 6.07) is 12.8. The number of benzene rings is 2. The predicted octanol–water partition coefficient (Wildman–Crippen LogP) is 4.48. The predicted molar refractivity (Wildman–Crippen MR) is 143 cm³/mol. The quantitative estimate of drug-likeness (QED) is 0.369. The highest BCUT2D eigenvalue weighted by Crippen LogP contribution is 2.26. The van der Waals surface area contributed by atoms with E-state index in [-0.39, 0.29) is 23.6 Å². The van der Waals surface area contributed by atoms with Gasteiger partial charge in [0.2, 0.25) is 23.6 Å². The van der Waals surface area contributed by atoms with Crippen LogP contribution in [0.4, 0.5) is 17.1 Å². The lowest BCUT2D eigenvalue weighted by atomic mass is 9.96. The molecule has 0 heterocycles. The smallest absolute Gasteiger partial charge is 0.221 e. The number of allylic oxidation sites excluding steroid dienone is 4. The van der Waals surface area contributed by atoms with Crippen molar-refractivity contribution in [3.05, 3.63) is 89.7 Å². The molecule has 0 bridgehead atoms. The molecule has 0 radical (unpaired) electrons. The van der Waals surface area contributed by atoms with Crippen LogP contribution in [0.15, 0.2) is 78.5 Å². The molecule has 0 aliphatic rings. The number of rotatable bonds is 10. The standard InChI is InChI=1S/C28H32N4O4/c1-6-25(29-18(2)33)10-9-23(15-22-7-11-26(12-8-22)30-19(3)34)16-24-17-27(31-20(4)35)13-14-28(24)32-21(5)36/h6-14,17H,1,15-16H2,2-5H3,(H,29,33)(H,30,34)(H,31,35)(H,32,36)/b23-9-,25-10+. The minimum atomic E-state index is -0.208. The van der Waals surface area contributed by atoms with Gasteiger partial charge < -0.3 is 21.3 Å². The first-order chi connectivity index (χ1) is 17.0. The third kappa shape index (κ3) is 9.80. The monoisotopic (exact) mass is 488 g/mol. The van der Waals surface area contributed by atoms with Crippen LogP contribution in [0.1, 0.15) is 38.8 Å². The summed E-state index contributed by atoms with van der Waals surface area (Å²) in [6.45, 7) is 9.49. The number of nitrogens with one attached hydrogen (secondary N) is 4. The number of hydrogen-bond acceptors (Lipinski definition) is 4. The van der Waals surface area contributed by atoms with Crippen LogP contribution in [-0.4, -0.2) is 23.6 Å². The van der Waals surface area contributed by atoms with Crippen molar-refractivity contribution in [2.24, 2.45) is 0 Å². The van der Waals surface area contributed by atoms with Crippen LogP contribution in [0.25, 0.3) is 0 Å². The van der Waals surface area contributed by atoms with Gasteiger partial charge in [0, 0.05) is 50.5 Å². The van der Waals surface area contributed by atoms with Gasteiger partial charge in [0.25, 0.3) is 0 Å². The van der Waals surface area contributed by atoms with Crippen molar-refractivity contribution in [1.29, 1.82) is 0 Å². The maximum Gasteiger partial charge on any atom is 0.221 e. The fraction of sp³-hybridized carbons (Fsp3) is 0.214. The van der Waals surface area contributed by atoms with Gasteiger partial charge in [-0.1, -0.05) is 30.4 Å². The molecule has 2 aromatic rings. The Morgan fingerprint density at radius 2 is 1.31 bits per heavy atom. The van der Waals surface area contributed by atoms with Gasteiger partial charge in [-0.2, -0.15) is 0 Å². The Hall–Kier alpha value is -4.46. The fourth-order valence-corrected chi connectivity index (χ4v) is 3.50. The maximum atomic E-state index is 11.8. The Kier molecular flexibility index (Phi) is 10.4. The first-order valence-corrected chi connectivity index (χ1v) is 11.4. The van der Waals surface area contributed by atoms with Crippen LogP contribution in [0.3, 0.4) is 0 Å². The van der Waals surface area contributed by atoms with E-state index in [4.69, 9.17) is 0 Å². The van der Waals surface area contributed by atoms with E-state index in [9.17, 15) is 19.2 Å². The lowest BCUT2D eigenvalue weighted by molar-refractivity contribution is -0.118. The molecule has 2 aromatic carbocycles. The molecule has 0 unspecified atom stereocenters. The molecule has 0 saturated carbocycles. The highest BCUT2D eigenvalue weighted by Gasteiger charge is 2.10. The number of amides is 4. The second kappa shape index (κ2) is 13.4. The molecule has 8 nitrogen and oxygen atoms in total. The van der Waals surface area contributed by atoms with Gasteiger partial charge in [-0.3, -0.25) is 19.2 Å². The maximum absolute atomic E-state index is 11.8. The SMILES string of the molecule is C=C/C(=C\C=C(\Cc1ccc(NC(C)=O)cc1)Cc1cc(NC(C)=O)ccc1NC(C)=O)NC(C)=O. The van der Waals surface area contributed by atoms with Crippen LogP contribution in [0.2, 0.25) is 0 Å². The number of carbonyl (C=O) groups excluding carboxylic acids is 4. The zero-order valence-electron chi connectivity index (χ0n) is 21.0. The number of carbonyl (C=O) groups is 4. The van der Waals surface area contributed by atoms with Gasteiger partial charge in [-0.25, -0.2) is 0 Å². The molecule has 36 heavy (non-hydrogen) atoms. The van der Waals surface area contributed by atoms with Crippen molar-refractivity contribution in [1.82, 2.24) is 5.32 Å². The Labute approximate surface area is 211 Å². The molecule has 2 rings (SSSR count). The lowest BCUT2D eigenvalue weighted by Gasteiger charge is -2.15. The first-order valence-electron chi connectivity index (χ1n) is 11.4. The van der Waals surface area contributed by atoms with Crippen LogP contribution in [0, 0.1) is 0 Å². The lowest BCUT2D eigenvalue weighted by Crippen LogP contribution is -2.17. The largest absolute Gasteiger partial charge is 0.326 e. The Balaban J connectivity index is 2.47. The van der Waals surface area contributed by atoms with E-state index in [0.717, 1.165) is 16.7 Å². The topological polar surface area (TPSA) is 116 Å². The molecule has 4 amide bonds. The van der Waals surface area contributed by atoms with E-state index in [1.165, 1.54) is 27.7 Å². The van der Waals surface area contributed by atoms with E-state index in [1.54, 1.807) is 24.3 Å². The van der Waals surface area contributed by atoms with Crippen molar-refractivity contribution in [2.75, 3.05) is 16.0 Å². The van der Waals surface area contributed by atoms with Crippen molar-refractivity contribution >= 4 is 40.7 Å². The average Bonchev–Trinajstić information content (AvgIpc) is 2.78. The zero-order valence-corrected chi connectivity index (χ0v) is 21.0. The van der Waals surface area contributed by atoms with E-state index in [2.05, 4.69) is 27.8 Å². The molecule has 188 valence electrons. The molecule has 4 N–H and O–H groups in total. The minimum Gasteiger partial charge on any atom is -0.326 e. The zero-order chi connectivity index (χ0) is 26.7. The molecule has 0 aliphatic carbocycles. The summed E-state index contributed by atoms with van der Waals surface area (Å²) in [5.41, 5.74) is 5.29. The van der Waals surface area contributed by atoms with E-state index < -0.39 is 0 Å². The molecular weight excluding hydrogens is 456 g/mol. The van der Waals surface area contributed by atoms with Crippen molar-refractivity contribution in [2.45, 2.75) is 40.5 Å². The molecular formula is C28H32N4O4. The third-order valence-electron chi connectivity index (χ3n) is 4.90. The summed E-state index contributed by atoms with van der Waals surface area (Å²) >= 11 is 0. The van der Waals surface area contributed by atoms with Crippen molar-refractivity contribution in [3.63, 3.8) is 0 Å². The summed E-state index contributed by atoms with van der Waals surface area (Å²) in [6.07, 6.45) is 6.24. The second-order valence-corrected chi connectivity index (χ2v) is 8.30. The van der Waals surface area contributed by atoms with Crippen LogP contribution < -0.4 is 21.3 Å². The highest BCUT2D eigenvalue weighted by molar-refractivity contribution is 5.92. The Bertz CT molecular complexity index is 1210. The van der Waals surface area contributed by atoms with E-state index in [1.807, 2.05) is 36.4 Å². The van der Waals surface area contributed by atoms with Gasteiger partial charge in [-0.05, 0) is 66.5 Å². The normalized spacial score (nSPS) is 11.3. The van der Waals surface area contributed by atoms with Crippen LogP contribution in [-0.2, 0) is 32.0 Å². The summed E-state index contributed by atoms with van der Waals surface area (Å²) in [5, 5.41) is 11.1. The molecule has 8 heteroatoms. The van der Waals surface area contributed by atoms with Gasteiger partial charge in [0.1, 0.15) is 0 Å². The van der Waals surface area contributed by atoms with Gasteiger partial charge in [-0.15, -0.1) is 0 Å². The first kappa shape index (κ1) is 27.8.